The van der Waals surface area contributed by atoms with Crippen molar-refractivity contribution in [2.45, 2.75) is 31.8 Å². The number of rotatable bonds is 4. The lowest BCUT2D eigenvalue weighted by molar-refractivity contribution is 0.231. The first-order valence-electron chi connectivity index (χ1n) is 8.35. The Labute approximate surface area is 142 Å². The molecule has 0 radical (unpaired) electrons. The minimum atomic E-state index is -0.115. The molecule has 1 aliphatic heterocycles. The number of pyridine rings is 2. The summed E-state index contributed by atoms with van der Waals surface area (Å²) in [5, 5.41) is 6.06. The average molecular weight is 325 g/mol. The van der Waals surface area contributed by atoms with Crippen LogP contribution in [0.4, 0.5) is 10.6 Å². The molecule has 2 aromatic heterocycles. The second-order valence-electron chi connectivity index (χ2n) is 6.07. The summed E-state index contributed by atoms with van der Waals surface area (Å²) < 4.78 is 0. The number of amides is 2. The smallest absolute Gasteiger partial charge is 0.315 e. The SMILES string of the molecule is C[C@@H](NC(=O)NC1CCN(c2ccccn2)CC1)c1ccncc1. The van der Waals surface area contributed by atoms with Gasteiger partial charge in [-0.25, -0.2) is 9.78 Å². The van der Waals surface area contributed by atoms with Gasteiger partial charge in [0, 0.05) is 37.7 Å². The highest BCUT2D eigenvalue weighted by atomic mass is 16.2. The standard InChI is InChI=1S/C18H23N5O/c1-14(15-5-10-19-11-6-15)21-18(24)22-16-7-12-23(13-8-16)17-4-2-3-9-20-17/h2-6,9-11,14,16H,7-8,12-13H2,1H3,(H2,21,22,24)/t14-/m1/s1. The van der Waals surface area contributed by atoms with E-state index in [1.54, 1.807) is 12.4 Å². The lowest BCUT2D eigenvalue weighted by Gasteiger charge is -2.33. The molecule has 2 amide bonds. The summed E-state index contributed by atoms with van der Waals surface area (Å²) in [4.78, 5) is 22.8. The van der Waals surface area contributed by atoms with Gasteiger partial charge in [0.2, 0.25) is 0 Å². The summed E-state index contributed by atoms with van der Waals surface area (Å²) in [5.74, 6) is 1.01. The lowest BCUT2D eigenvalue weighted by atomic mass is 10.1. The van der Waals surface area contributed by atoms with Crippen molar-refractivity contribution in [3.05, 3.63) is 54.5 Å². The van der Waals surface area contributed by atoms with Gasteiger partial charge < -0.3 is 15.5 Å². The molecular formula is C18H23N5O. The van der Waals surface area contributed by atoms with E-state index < -0.39 is 0 Å². The molecule has 126 valence electrons. The first-order chi connectivity index (χ1) is 11.7. The molecule has 3 rings (SSSR count). The molecule has 1 atom stereocenters. The summed E-state index contributed by atoms with van der Waals surface area (Å²) >= 11 is 0. The quantitative estimate of drug-likeness (QED) is 0.906. The van der Waals surface area contributed by atoms with E-state index in [4.69, 9.17) is 0 Å². The van der Waals surface area contributed by atoms with Gasteiger partial charge in [-0.1, -0.05) is 6.07 Å². The monoisotopic (exact) mass is 325 g/mol. The first-order valence-corrected chi connectivity index (χ1v) is 8.35. The van der Waals surface area contributed by atoms with Crippen LogP contribution in [0.2, 0.25) is 0 Å². The number of aromatic nitrogens is 2. The van der Waals surface area contributed by atoms with E-state index in [0.29, 0.717) is 0 Å². The van der Waals surface area contributed by atoms with Crippen molar-refractivity contribution in [1.82, 2.24) is 20.6 Å². The van der Waals surface area contributed by atoms with Crippen LogP contribution >= 0.6 is 0 Å². The minimum absolute atomic E-state index is 0.0402. The van der Waals surface area contributed by atoms with Crippen molar-refractivity contribution < 1.29 is 4.79 Å². The largest absolute Gasteiger partial charge is 0.356 e. The van der Waals surface area contributed by atoms with Crippen LogP contribution in [0.25, 0.3) is 0 Å². The van der Waals surface area contributed by atoms with Crippen molar-refractivity contribution in [2.24, 2.45) is 0 Å². The molecule has 6 nitrogen and oxygen atoms in total. The molecule has 6 heteroatoms. The normalized spacial score (nSPS) is 16.5. The number of carbonyl (C=O) groups excluding carboxylic acids is 1. The van der Waals surface area contributed by atoms with E-state index in [1.807, 2.05) is 43.5 Å². The maximum atomic E-state index is 12.2. The molecule has 0 spiro atoms. The van der Waals surface area contributed by atoms with Gasteiger partial charge in [-0.3, -0.25) is 4.98 Å². The van der Waals surface area contributed by atoms with E-state index in [0.717, 1.165) is 37.3 Å². The molecule has 2 aromatic rings. The molecule has 1 saturated heterocycles. The number of hydrogen-bond acceptors (Lipinski definition) is 4. The summed E-state index contributed by atoms with van der Waals surface area (Å²) in [7, 11) is 0. The van der Waals surface area contributed by atoms with Crippen LogP contribution in [-0.2, 0) is 0 Å². The lowest BCUT2D eigenvalue weighted by Crippen LogP contribution is -2.48. The van der Waals surface area contributed by atoms with Crippen molar-refractivity contribution >= 4 is 11.8 Å². The molecular weight excluding hydrogens is 302 g/mol. The molecule has 0 saturated carbocycles. The fraction of sp³-hybridized carbons (Fsp3) is 0.389. The highest BCUT2D eigenvalue weighted by Gasteiger charge is 2.21. The second kappa shape index (κ2) is 7.77. The number of anilines is 1. The Balaban J connectivity index is 1.45. The third-order valence-corrected chi connectivity index (χ3v) is 4.36. The molecule has 0 bridgehead atoms. The van der Waals surface area contributed by atoms with Crippen LogP contribution < -0.4 is 15.5 Å². The van der Waals surface area contributed by atoms with Gasteiger partial charge in [-0.2, -0.15) is 0 Å². The minimum Gasteiger partial charge on any atom is -0.356 e. The third kappa shape index (κ3) is 4.22. The van der Waals surface area contributed by atoms with Gasteiger partial charge in [0.1, 0.15) is 5.82 Å². The summed E-state index contributed by atoms with van der Waals surface area (Å²) in [6.45, 7) is 3.78. The van der Waals surface area contributed by atoms with Gasteiger partial charge >= 0.3 is 6.03 Å². The molecule has 24 heavy (non-hydrogen) atoms. The van der Waals surface area contributed by atoms with Crippen LogP contribution in [0.3, 0.4) is 0 Å². The molecule has 3 heterocycles. The highest BCUT2D eigenvalue weighted by Crippen LogP contribution is 2.17. The van der Waals surface area contributed by atoms with Crippen LogP contribution in [0.5, 0.6) is 0 Å². The Bertz CT molecular complexity index is 641. The van der Waals surface area contributed by atoms with E-state index in [-0.39, 0.29) is 18.1 Å². The topological polar surface area (TPSA) is 70.2 Å². The maximum absolute atomic E-state index is 12.2. The van der Waals surface area contributed by atoms with Crippen LogP contribution in [0.15, 0.2) is 48.9 Å². The van der Waals surface area contributed by atoms with Gasteiger partial charge in [0.15, 0.2) is 0 Å². The second-order valence-corrected chi connectivity index (χ2v) is 6.07. The van der Waals surface area contributed by atoms with E-state index >= 15 is 0 Å². The Hall–Kier alpha value is -2.63. The predicted molar refractivity (Wildman–Crippen MR) is 93.8 cm³/mol. The summed E-state index contributed by atoms with van der Waals surface area (Å²) in [5.41, 5.74) is 1.05. The van der Waals surface area contributed by atoms with Crippen LogP contribution in [0, 0.1) is 0 Å². The first kappa shape index (κ1) is 16.2. The zero-order chi connectivity index (χ0) is 16.8. The van der Waals surface area contributed by atoms with E-state index in [2.05, 4.69) is 25.5 Å². The third-order valence-electron chi connectivity index (χ3n) is 4.36. The molecule has 0 unspecified atom stereocenters. The number of urea groups is 1. The summed E-state index contributed by atoms with van der Waals surface area (Å²) in [6.07, 6.45) is 7.13. The maximum Gasteiger partial charge on any atom is 0.315 e. The fourth-order valence-electron chi connectivity index (χ4n) is 2.95. The molecule has 1 fully saturated rings. The van der Waals surface area contributed by atoms with Crippen molar-refractivity contribution in [3.63, 3.8) is 0 Å². The predicted octanol–water partition coefficient (Wildman–Crippen LogP) is 2.51. The van der Waals surface area contributed by atoms with Gasteiger partial charge in [-0.05, 0) is 49.6 Å². The Morgan fingerprint density at radius 2 is 1.92 bits per heavy atom. The fourth-order valence-corrected chi connectivity index (χ4v) is 2.95. The molecule has 0 aromatic carbocycles. The number of nitrogens with zero attached hydrogens (tertiary/aromatic N) is 3. The van der Waals surface area contributed by atoms with Crippen LogP contribution in [-0.4, -0.2) is 35.1 Å². The number of hydrogen-bond donors (Lipinski definition) is 2. The van der Waals surface area contributed by atoms with Gasteiger partial charge in [-0.15, -0.1) is 0 Å². The Morgan fingerprint density at radius 3 is 2.58 bits per heavy atom. The molecule has 2 N–H and O–H groups in total. The zero-order valence-electron chi connectivity index (χ0n) is 13.9. The van der Waals surface area contributed by atoms with Crippen molar-refractivity contribution in [1.29, 1.82) is 0 Å². The number of carbonyl (C=O) groups is 1. The highest BCUT2D eigenvalue weighted by molar-refractivity contribution is 5.74. The van der Waals surface area contributed by atoms with E-state index in [1.165, 1.54) is 0 Å². The molecule has 0 aliphatic carbocycles. The van der Waals surface area contributed by atoms with Gasteiger partial charge in [0.25, 0.3) is 0 Å². The van der Waals surface area contributed by atoms with Crippen LogP contribution in [0.1, 0.15) is 31.4 Å². The number of piperidine rings is 1. The Kier molecular flexibility index (Phi) is 5.25. The Morgan fingerprint density at radius 1 is 1.17 bits per heavy atom. The number of nitrogens with one attached hydrogen (secondary N) is 2. The summed E-state index contributed by atoms with van der Waals surface area (Å²) in [6, 6.07) is 9.82. The average Bonchev–Trinajstić information content (AvgIpc) is 2.64. The van der Waals surface area contributed by atoms with E-state index in [9.17, 15) is 4.79 Å². The van der Waals surface area contributed by atoms with Gasteiger partial charge in [0.05, 0.1) is 6.04 Å². The molecule has 1 aliphatic rings. The van der Waals surface area contributed by atoms with Crippen molar-refractivity contribution in [3.8, 4) is 0 Å². The zero-order valence-corrected chi connectivity index (χ0v) is 13.9. The van der Waals surface area contributed by atoms with Crippen molar-refractivity contribution in [2.75, 3.05) is 18.0 Å².